The van der Waals surface area contributed by atoms with Gasteiger partial charge in [0.15, 0.2) is 5.76 Å². The van der Waals surface area contributed by atoms with Crippen LogP contribution < -0.4 is 5.73 Å². The molecule has 0 bridgehead atoms. The van der Waals surface area contributed by atoms with Crippen LogP contribution >= 0.6 is 12.4 Å². The standard InChI is InChI=1S/C11H19N3O3S.ClH/c1-8-11(9(2)17-13-8)18(15,16)14-5-3-10(7-12)4-6-14;/h10H,3-7,12H2,1-2H3;1H. The van der Waals surface area contributed by atoms with Gasteiger partial charge in [-0.1, -0.05) is 5.16 Å². The Kier molecular flexibility index (Phi) is 5.37. The fourth-order valence-corrected chi connectivity index (χ4v) is 4.12. The normalized spacial score (nSPS) is 18.3. The van der Waals surface area contributed by atoms with Gasteiger partial charge < -0.3 is 10.3 Å². The second-order valence-corrected chi connectivity index (χ2v) is 6.61. The summed E-state index contributed by atoms with van der Waals surface area (Å²) >= 11 is 0. The van der Waals surface area contributed by atoms with E-state index in [2.05, 4.69) is 5.16 Å². The molecule has 1 aliphatic rings. The predicted octanol–water partition coefficient (Wildman–Crippen LogP) is 1.07. The van der Waals surface area contributed by atoms with Crippen molar-refractivity contribution in [1.82, 2.24) is 9.46 Å². The predicted molar refractivity (Wildman–Crippen MR) is 73.8 cm³/mol. The number of nitrogens with two attached hydrogens (primary N) is 1. The zero-order valence-electron chi connectivity index (χ0n) is 11.1. The van der Waals surface area contributed by atoms with Crippen LogP contribution in [0.5, 0.6) is 0 Å². The number of piperidine rings is 1. The first kappa shape index (κ1) is 16.4. The topological polar surface area (TPSA) is 89.4 Å². The quantitative estimate of drug-likeness (QED) is 0.902. The summed E-state index contributed by atoms with van der Waals surface area (Å²) in [6.07, 6.45) is 1.64. The molecule has 0 aliphatic carbocycles. The first-order valence-corrected chi connectivity index (χ1v) is 7.54. The van der Waals surface area contributed by atoms with E-state index in [0.717, 1.165) is 12.8 Å². The molecular formula is C11H20ClN3O3S. The highest BCUT2D eigenvalue weighted by Crippen LogP contribution is 2.27. The number of aromatic nitrogens is 1. The molecule has 2 rings (SSSR count). The largest absolute Gasteiger partial charge is 0.360 e. The molecule has 0 atom stereocenters. The number of hydrogen-bond donors (Lipinski definition) is 1. The van der Waals surface area contributed by atoms with Gasteiger partial charge in [0.2, 0.25) is 10.0 Å². The molecule has 0 aromatic carbocycles. The Hall–Kier alpha value is -0.630. The van der Waals surface area contributed by atoms with Crippen LogP contribution in [0.25, 0.3) is 0 Å². The third-order valence-electron chi connectivity index (χ3n) is 3.47. The first-order chi connectivity index (χ1) is 8.46. The van der Waals surface area contributed by atoms with E-state index in [4.69, 9.17) is 10.3 Å². The fraction of sp³-hybridized carbons (Fsp3) is 0.727. The van der Waals surface area contributed by atoms with Gasteiger partial charge in [-0.3, -0.25) is 0 Å². The Morgan fingerprint density at radius 3 is 2.37 bits per heavy atom. The van der Waals surface area contributed by atoms with E-state index in [1.807, 2.05) is 0 Å². The zero-order chi connectivity index (χ0) is 13.3. The van der Waals surface area contributed by atoms with Crippen LogP contribution in [0.2, 0.25) is 0 Å². The van der Waals surface area contributed by atoms with Crippen LogP contribution in [0.3, 0.4) is 0 Å². The summed E-state index contributed by atoms with van der Waals surface area (Å²) in [4.78, 5) is 0.216. The molecule has 0 spiro atoms. The van der Waals surface area contributed by atoms with Gasteiger partial charge in [0.05, 0.1) is 0 Å². The van der Waals surface area contributed by atoms with Crippen molar-refractivity contribution in [1.29, 1.82) is 0 Å². The van der Waals surface area contributed by atoms with Crippen molar-refractivity contribution in [3.8, 4) is 0 Å². The Balaban J connectivity index is 0.00000180. The van der Waals surface area contributed by atoms with Crippen molar-refractivity contribution in [2.45, 2.75) is 31.6 Å². The van der Waals surface area contributed by atoms with Crippen molar-refractivity contribution in [3.05, 3.63) is 11.5 Å². The average molecular weight is 310 g/mol. The summed E-state index contributed by atoms with van der Waals surface area (Å²) in [6.45, 7) is 4.94. The summed E-state index contributed by atoms with van der Waals surface area (Å²) in [5.41, 5.74) is 6.03. The molecule has 1 saturated heterocycles. The molecule has 0 radical (unpaired) electrons. The SMILES string of the molecule is Cc1noc(C)c1S(=O)(=O)N1CCC(CN)CC1.Cl. The number of aryl methyl sites for hydroxylation is 2. The van der Waals surface area contributed by atoms with Crippen molar-refractivity contribution < 1.29 is 12.9 Å². The third-order valence-corrected chi connectivity index (χ3v) is 5.62. The fourth-order valence-electron chi connectivity index (χ4n) is 2.36. The molecule has 110 valence electrons. The molecule has 2 N–H and O–H groups in total. The Morgan fingerprint density at radius 2 is 1.95 bits per heavy atom. The molecule has 0 unspecified atom stereocenters. The van der Waals surface area contributed by atoms with Gasteiger partial charge in [-0.15, -0.1) is 12.4 Å². The maximum Gasteiger partial charge on any atom is 0.248 e. The molecule has 0 amide bonds. The molecule has 1 fully saturated rings. The highest BCUT2D eigenvalue weighted by Gasteiger charge is 2.33. The highest BCUT2D eigenvalue weighted by atomic mass is 35.5. The summed E-state index contributed by atoms with van der Waals surface area (Å²) in [6, 6.07) is 0. The molecule has 6 nitrogen and oxygen atoms in total. The Morgan fingerprint density at radius 1 is 1.37 bits per heavy atom. The van der Waals surface area contributed by atoms with E-state index in [1.54, 1.807) is 13.8 Å². The van der Waals surface area contributed by atoms with Crippen LogP contribution in [0.15, 0.2) is 9.42 Å². The van der Waals surface area contributed by atoms with Gasteiger partial charge in [-0.25, -0.2) is 8.42 Å². The van der Waals surface area contributed by atoms with Gasteiger partial charge in [0.1, 0.15) is 10.6 Å². The minimum absolute atomic E-state index is 0. The van der Waals surface area contributed by atoms with Gasteiger partial charge in [-0.2, -0.15) is 4.31 Å². The Labute approximate surface area is 119 Å². The molecule has 1 aliphatic heterocycles. The van der Waals surface area contributed by atoms with Crippen molar-refractivity contribution >= 4 is 22.4 Å². The lowest BCUT2D eigenvalue weighted by Gasteiger charge is -2.30. The van der Waals surface area contributed by atoms with Crippen LogP contribution in [-0.2, 0) is 10.0 Å². The molecule has 2 heterocycles. The van der Waals surface area contributed by atoms with E-state index in [1.165, 1.54) is 4.31 Å². The van der Waals surface area contributed by atoms with Crippen molar-refractivity contribution in [3.63, 3.8) is 0 Å². The second kappa shape index (κ2) is 6.21. The van der Waals surface area contributed by atoms with Gasteiger partial charge >= 0.3 is 0 Å². The van der Waals surface area contributed by atoms with E-state index < -0.39 is 10.0 Å². The number of halogens is 1. The van der Waals surface area contributed by atoms with E-state index in [9.17, 15) is 8.42 Å². The first-order valence-electron chi connectivity index (χ1n) is 6.10. The van der Waals surface area contributed by atoms with Crippen LogP contribution in [0, 0.1) is 19.8 Å². The number of rotatable bonds is 3. The second-order valence-electron chi connectivity index (χ2n) is 4.74. The lowest BCUT2D eigenvalue weighted by molar-refractivity contribution is 0.278. The molecular weight excluding hydrogens is 290 g/mol. The van der Waals surface area contributed by atoms with Crippen LogP contribution in [-0.4, -0.2) is 37.5 Å². The van der Waals surface area contributed by atoms with Crippen LogP contribution in [0.4, 0.5) is 0 Å². The number of hydrogen-bond acceptors (Lipinski definition) is 5. The molecule has 19 heavy (non-hydrogen) atoms. The minimum atomic E-state index is -3.48. The van der Waals surface area contributed by atoms with Crippen LogP contribution in [0.1, 0.15) is 24.3 Å². The van der Waals surface area contributed by atoms with Gasteiger partial charge in [0.25, 0.3) is 0 Å². The smallest absolute Gasteiger partial charge is 0.248 e. The lowest BCUT2D eigenvalue weighted by Crippen LogP contribution is -2.40. The Bertz CT molecular complexity index is 502. The average Bonchev–Trinajstić information content (AvgIpc) is 2.69. The summed E-state index contributed by atoms with van der Waals surface area (Å²) < 4.78 is 31.4. The minimum Gasteiger partial charge on any atom is -0.360 e. The zero-order valence-corrected chi connectivity index (χ0v) is 12.8. The molecule has 1 aromatic heterocycles. The van der Waals surface area contributed by atoms with Crippen molar-refractivity contribution in [2.75, 3.05) is 19.6 Å². The van der Waals surface area contributed by atoms with Gasteiger partial charge in [0, 0.05) is 13.1 Å². The maximum atomic E-state index is 12.5. The summed E-state index contributed by atoms with van der Waals surface area (Å²) in [7, 11) is -3.48. The molecule has 0 saturated carbocycles. The van der Waals surface area contributed by atoms with Gasteiger partial charge in [-0.05, 0) is 39.2 Å². The summed E-state index contributed by atoms with van der Waals surface area (Å²) in [5.74, 6) is 0.787. The summed E-state index contributed by atoms with van der Waals surface area (Å²) in [5, 5.41) is 3.71. The monoisotopic (exact) mass is 309 g/mol. The molecule has 8 heteroatoms. The van der Waals surface area contributed by atoms with Crippen molar-refractivity contribution in [2.24, 2.45) is 11.7 Å². The van der Waals surface area contributed by atoms with E-state index in [0.29, 0.717) is 37.0 Å². The van der Waals surface area contributed by atoms with E-state index in [-0.39, 0.29) is 17.3 Å². The number of sulfonamides is 1. The lowest BCUT2D eigenvalue weighted by atomic mass is 9.99. The maximum absolute atomic E-state index is 12.5. The third kappa shape index (κ3) is 3.10. The number of nitrogens with zero attached hydrogens (tertiary/aromatic N) is 2. The highest BCUT2D eigenvalue weighted by molar-refractivity contribution is 7.89. The van der Waals surface area contributed by atoms with E-state index >= 15 is 0 Å². The molecule has 1 aromatic rings.